The first-order valence-electron chi connectivity index (χ1n) is 6.77. The van der Waals surface area contributed by atoms with Crippen LogP contribution in [0.2, 0.25) is 0 Å². The summed E-state index contributed by atoms with van der Waals surface area (Å²) in [6, 6.07) is 12.3. The molecule has 2 aromatic heterocycles. The molecule has 0 unspecified atom stereocenters. The summed E-state index contributed by atoms with van der Waals surface area (Å²) in [5.74, 6) is 0.844. The van der Waals surface area contributed by atoms with Crippen LogP contribution >= 0.6 is 27.3 Å². The lowest BCUT2D eigenvalue weighted by Gasteiger charge is -2.06. The maximum absolute atomic E-state index is 5.30. The van der Waals surface area contributed by atoms with Gasteiger partial charge < -0.3 is 9.30 Å². The Kier molecular flexibility index (Phi) is 3.35. The number of methoxy groups -OCH3 is 1. The largest absolute Gasteiger partial charge is 0.497 e. The van der Waals surface area contributed by atoms with Gasteiger partial charge in [-0.25, -0.2) is 9.97 Å². The number of benzene rings is 2. The minimum atomic E-state index is 0.773. The van der Waals surface area contributed by atoms with Crippen LogP contribution < -0.4 is 4.74 Å². The van der Waals surface area contributed by atoms with Crippen LogP contribution in [0.3, 0.4) is 0 Å². The fourth-order valence-corrected chi connectivity index (χ4v) is 3.99. The van der Waals surface area contributed by atoms with Crippen molar-refractivity contribution in [1.29, 1.82) is 0 Å². The molecule has 0 atom stereocenters. The molecule has 4 nitrogen and oxygen atoms in total. The van der Waals surface area contributed by atoms with Crippen LogP contribution in [0.15, 0.2) is 46.6 Å². The van der Waals surface area contributed by atoms with Gasteiger partial charge in [-0.2, -0.15) is 0 Å². The Morgan fingerprint density at radius 2 is 2.05 bits per heavy atom. The molecule has 0 bridgehead atoms. The van der Waals surface area contributed by atoms with E-state index >= 15 is 0 Å². The summed E-state index contributed by atoms with van der Waals surface area (Å²) >= 11 is 5.09. The normalized spacial score (nSPS) is 11.4. The quantitative estimate of drug-likeness (QED) is 0.531. The highest BCUT2D eigenvalue weighted by atomic mass is 79.9. The van der Waals surface area contributed by atoms with E-state index in [0.717, 1.165) is 32.8 Å². The molecule has 0 aliphatic carbocycles. The second kappa shape index (κ2) is 5.37. The van der Waals surface area contributed by atoms with Crippen molar-refractivity contribution in [3.63, 3.8) is 0 Å². The van der Waals surface area contributed by atoms with Crippen LogP contribution in [0.4, 0.5) is 0 Å². The number of hydrogen-bond donors (Lipinski definition) is 0. The molecule has 0 spiro atoms. The monoisotopic (exact) mass is 373 g/mol. The topological polar surface area (TPSA) is 39.9 Å². The smallest absolute Gasteiger partial charge is 0.160 e. The summed E-state index contributed by atoms with van der Waals surface area (Å²) in [5, 5.41) is 0. The van der Waals surface area contributed by atoms with Crippen LogP contribution in [0.25, 0.3) is 21.3 Å². The number of nitrogens with zero attached hydrogens (tertiary/aromatic N) is 3. The predicted molar refractivity (Wildman–Crippen MR) is 92.7 cm³/mol. The molecular weight excluding hydrogens is 362 g/mol. The number of thiazole rings is 1. The first kappa shape index (κ1) is 13.7. The average Bonchev–Trinajstić information content (AvgIpc) is 3.09. The van der Waals surface area contributed by atoms with E-state index in [-0.39, 0.29) is 0 Å². The number of fused-ring (bicyclic) bond motifs is 2. The van der Waals surface area contributed by atoms with Gasteiger partial charge in [0.15, 0.2) is 3.92 Å². The summed E-state index contributed by atoms with van der Waals surface area (Å²) < 4.78 is 9.54. The van der Waals surface area contributed by atoms with E-state index in [9.17, 15) is 0 Å². The molecule has 2 aromatic carbocycles. The van der Waals surface area contributed by atoms with E-state index in [1.165, 1.54) is 10.3 Å². The number of aromatic nitrogens is 3. The third-order valence-electron chi connectivity index (χ3n) is 3.61. The van der Waals surface area contributed by atoms with Crippen molar-refractivity contribution in [3.05, 3.63) is 52.2 Å². The van der Waals surface area contributed by atoms with Gasteiger partial charge in [0.2, 0.25) is 0 Å². The Labute approximate surface area is 139 Å². The molecule has 6 heteroatoms. The van der Waals surface area contributed by atoms with Crippen LogP contribution in [-0.4, -0.2) is 21.6 Å². The summed E-state index contributed by atoms with van der Waals surface area (Å²) in [6.07, 6.45) is 1.87. The Balaban J connectivity index is 1.74. The zero-order valence-corrected chi connectivity index (χ0v) is 14.2. The first-order chi connectivity index (χ1) is 10.7. The van der Waals surface area contributed by atoms with Gasteiger partial charge in [-0.1, -0.05) is 6.07 Å². The molecule has 4 aromatic rings. The fourth-order valence-electron chi connectivity index (χ4n) is 2.53. The average molecular weight is 374 g/mol. The number of ether oxygens (including phenoxy) is 1. The number of hydrogen-bond acceptors (Lipinski definition) is 4. The summed E-state index contributed by atoms with van der Waals surface area (Å²) in [7, 11) is 1.68. The zero-order valence-electron chi connectivity index (χ0n) is 11.8. The van der Waals surface area contributed by atoms with Crippen molar-refractivity contribution < 1.29 is 4.74 Å². The highest BCUT2D eigenvalue weighted by Crippen LogP contribution is 2.27. The lowest BCUT2D eigenvalue weighted by atomic mass is 10.2. The summed E-state index contributed by atoms with van der Waals surface area (Å²) in [6.45, 7) is 0.773. The van der Waals surface area contributed by atoms with E-state index in [4.69, 9.17) is 4.74 Å². The first-order valence-corrected chi connectivity index (χ1v) is 8.38. The predicted octanol–water partition coefficient (Wildman–Crippen LogP) is 4.47. The van der Waals surface area contributed by atoms with Gasteiger partial charge in [-0.05, 0) is 45.8 Å². The molecular formula is C16H12BrN3OS. The molecule has 2 heterocycles. The lowest BCUT2D eigenvalue weighted by molar-refractivity contribution is 0.415. The van der Waals surface area contributed by atoms with Gasteiger partial charge in [0.05, 0.1) is 34.7 Å². The standard InChI is InChI=1S/C16H12BrN3OS/c1-21-11-3-5-12-14(7-11)20(9-18-12)8-10-2-4-13-15(6-10)22-16(17)19-13/h2-7,9H,8H2,1H3. The highest BCUT2D eigenvalue weighted by Gasteiger charge is 2.07. The Morgan fingerprint density at radius 1 is 1.18 bits per heavy atom. The molecule has 22 heavy (non-hydrogen) atoms. The van der Waals surface area contributed by atoms with Crippen molar-refractivity contribution in [2.45, 2.75) is 6.54 Å². The van der Waals surface area contributed by atoms with Gasteiger partial charge in [0.25, 0.3) is 0 Å². The van der Waals surface area contributed by atoms with Crippen molar-refractivity contribution >= 4 is 48.5 Å². The van der Waals surface area contributed by atoms with Crippen LogP contribution in [0, 0.1) is 0 Å². The molecule has 0 amide bonds. The van der Waals surface area contributed by atoms with Gasteiger partial charge in [0.1, 0.15) is 5.75 Å². The van der Waals surface area contributed by atoms with E-state index in [1.807, 2.05) is 24.5 Å². The summed E-state index contributed by atoms with van der Waals surface area (Å²) in [4.78, 5) is 8.87. The van der Waals surface area contributed by atoms with Crippen molar-refractivity contribution in [1.82, 2.24) is 14.5 Å². The van der Waals surface area contributed by atoms with Crippen LogP contribution in [0.5, 0.6) is 5.75 Å². The van der Waals surface area contributed by atoms with Crippen LogP contribution in [-0.2, 0) is 6.54 Å². The molecule has 4 rings (SSSR count). The van der Waals surface area contributed by atoms with Crippen molar-refractivity contribution in [2.75, 3.05) is 7.11 Å². The van der Waals surface area contributed by atoms with E-state index in [1.54, 1.807) is 18.4 Å². The maximum Gasteiger partial charge on any atom is 0.160 e. The molecule has 110 valence electrons. The molecule has 0 N–H and O–H groups in total. The number of halogens is 1. The second-order valence-corrected chi connectivity index (χ2v) is 7.30. The van der Waals surface area contributed by atoms with E-state index in [2.05, 4.69) is 48.7 Å². The third-order valence-corrected chi connectivity index (χ3v) is 5.08. The summed E-state index contributed by atoms with van der Waals surface area (Å²) in [5.41, 5.74) is 4.30. The van der Waals surface area contributed by atoms with Crippen molar-refractivity contribution in [3.8, 4) is 5.75 Å². The third kappa shape index (κ3) is 2.38. The van der Waals surface area contributed by atoms with E-state index < -0.39 is 0 Å². The molecule has 0 aliphatic heterocycles. The zero-order chi connectivity index (χ0) is 15.1. The highest BCUT2D eigenvalue weighted by molar-refractivity contribution is 9.11. The Morgan fingerprint density at radius 3 is 2.91 bits per heavy atom. The van der Waals surface area contributed by atoms with Crippen molar-refractivity contribution in [2.24, 2.45) is 0 Å². The minimum absolute atomic E-state index is 0.773. The molecule has 0 fully saturated rings. The molecule has 0 saturated heterocycles. The number of rotatable bonds is 3. The Hall–Kier alpha value is -1.92. The Bertz CT molecular complexity index is 976. The fraction of sp³-hybridized carbons (Fsp3) is 0.125. The minimum Gasteiger partial charge on any atom is -0.497 e. The van der Waals surface area contributed by atoms with Gasteiger partial charge in [-0.3, -0.25) is 0 Å². The molecule has 0 radical (unpaired) electrons. The molecule has 0 aliphatic rings. The lowest BCUT2D eigenvalue weighted by Crippen LogP contribution is -1.97. The molecule has 0 saturated carbocycles. The van der Waals surface area contributed by atoms with E-state index in [0.29, 0.717) is 0 Å². The van der Waals surface area contributed by atoms with Gasteiger partial charge >= 0.3 is 0 Å². The SMILES string of the molecule is COc1ccc2ncn(Cc3ccc4nc(Br)sc4c3)c2c1. The van der Waals surface area contributed by atoms with Crippen LogP contribution in [0.1, 0.15) is 5.56 Å². The van der Waals surface area contributed by atoms with Gasteiger partial charge in [-0.15, -0.1) is 11.3 Å². The maximum atomic E-state index is 5.30. The van der Waals surface area contributed by atoms with Gasteiger partial charge in [0, 0.05) is 12.6 Å². The number of imidazole rings is 1. The second-order valence-electron chi connectivity index (χ2n) is 5.00.